The number of ether oxygens (including phenoxy) is 1. The lowest BCUT2D eigenvalue weighted by molar-refractivity contribution is -0.127. The van der Waals surface area contributed by atoms with Gasteiger partial charge in [0.25, 0.3) is 11.1 Å². The van der Waals surface area contributed by atoms with E-state index in [2.05, 4.69) is 21.2 Å². The van der Waals surface area contributed by atoms with Crippen molar-refractivity contribution in [2.24, 2.45) is 0 Å². The van der Waals surface area contributed by atoms with Gasteiger partial charge < -0.3 is 10.1 Å². The van der Waals surface area contributed by atoms with Crippen molar-refractivity contribution in [3.8, 4) is 5.75 Å². The Morgan fingerprint density at radius 1 is 1.26 bits per heavy atom. The number of imide groups is 1. The van der Waals surface area contributed by atoms with Crippen molar-refractivity contribution in [3.63, 3.8) is 0 Å². The summed E-state index contributed by atoms with van der Waals surface area (Å²) in [7, 11) is 0. The van der Waals surface area contributed by atoms with E-state index < -0.39 is 17.1 Å². The smallest absolute Gasteiger partial charge is 0.294 e. The van der Waals surface area contributed by atoms with E-state index in [0.717, 1.165) is 33.1 Å². The lowest BCUT2D eigenvalue weighted by Gasteiger charge is -2.13. The van der Waals surface area contributed by atoms with Crippen LogP contribution in [0.2, 0.25) is 5.02 Å². The van der Waals surface area contributed by atoms with Gasteiger partial charge in [-0.15, -0.1) is 0 Å². The number of halogens is 2. The van der Waals surface area contributed by atoms with Crippen LogP contribution >= 0.6 is 39.3 Å². The fourth-order valence-electron chi connectivity index (χ4n) is 2.77. The average molecular weight is 524 g/mol. The Balaban J connectivity index is 1.74. The second-order valence-corrected chi connectivity index (χ2v) is 9.13. The van der Waals surface area contributed by atoms with E-state index in [1.54, 1.807) is 30.3 Å². The number of hydrogen-bond acceptors (Lipinski definition) is 5. The highest BCUT2D eigenvalue weighted by molar-refractivity contribution is 9.10. The Hall–Kier alpha value is -2.29. The van der Waals surface area contributed by atoms with Gasteiger partial charge in [0, 0.05) is 20.7 Å². The highest BCUT2D eigenvalue weighted by Crippen LogP contribution is 2.35. The summed E-state index contributed by atoms with van der Waals surface area (Å²) in [6.07, 6.45) is 2.45. The molecule has 1 N–H and O–H groups in total. The number of thioether (sulfide) groups is 1. The SMILES string of the molecule is CCCOc1ccc(Br)cc1/C=C1/SC(=O)N(CC(=O)Nc2ccc(C)c(Cl)c2)C1=O. The zero-order valence-electron chi connectivity index (χ0n) is 16.9. The molecule has 0 aromatic heterocycles. The highest BCUT2D eigenvalue weighted by Gasteiger charge is 2.36. The van der Waals surface area contributed by atoms with E-state index in [1.165, 1.54) is 0 Å². The molecule has 3 rings (SSSR count). The zero-order valence-corrected chi connectivity index (χ0v) is 20.1. The molecule has 31 heavy (non-hydrogen) atoms. The van der Waals surface area contributed by atoms with Gasteiger partial charge >= 0.3 is 0 Å². The predicted octanol–water partition coefficient (Wildman–Crippen LogP) is 5.87. The molecule has 1 aliphatic heterocycles. The van der Waals surface area contributed by atoms with E-state index in [-0.39, 0.29) is 11.4 Å². The molecule has 6 nitrogen and oxygen atoms in total. The topological polar surface area (TPSA) is 75.7 Å². The van der Waals surface area contributed by atoms with E-state index in [0.29, 0.717) is 28.6 Å². The molecular formula is C22H20BrClN2O4S. The number of nitrogens with one attached hydrogen (secondary N) is 1. The van der Waals surface area contributed by atoms with Gasteiger partial charge in [0.15, 0.2) is 0 Å². The van der Waals surface area contributed by atoms with Gasteiger partial charge in [-0.3, -0.25) is 19.3 Å². The van der Waals surface area contributed by atoms with Gasteiger partial charge in [-0.25, -0.2) is 0 Å². The molecule has 2 aromatic carbocycles. The van der Waals surface area contributed by atoms with Crippen LogP contribution in [0.5, 0.6) is 5.75 Å². The van der Waals surface area contributed by atoms with Gasteiger partial charge in [-0.2, -0.15) is 0 Å². The summed E-state index contributed by atoms with van der Waals surface area (Å²) in [6, 6.07) is 10.6. The molecule has 3 amide bonds. The molecule has 9 heteroatoms. The largest absolute Gasteiger partial charge is 0.493 e. The minimum atomic E-state index is -0.520. The predicted molar refractivity (Wildman–Crippen MR) is 127 cm³/mol. The lowest BCUT2D eigenvalue weighted by Crippen LogP contribution is -2.36. The van der Waals surface area contributed by atoms with Crippen LogP contribution in [0.15, 0.2) is 45.8 Å². The third-order valence-corrected chi connectivity index (χ3v) is 6.16. The summed E-state index contributed by atoms with van der Waals surface area (Å²) >= 11 is 10.3. The normalized spacial score (nSPS) is 15.0. The van der Waals surface area contributed by atoms with Crippen molar-refractivity contribution in [2.45, 2.75) is 20.3 Å². The molecule has 1 heterocycles. The molecule has 0 bridgehead atoms. The minimum Gasteiger partial charge on any atom is -0.493 e. The van der Waals surface area contributed by atoms with Crippen LogP contribution < -0.4 is 10.1 Å². The van der Waals surface area contributed by atoms with Crippen molar-refractivity contribution in [1.29, 1.82) is 0 Å². The molecule has 1 fully saturated rings. The van der Waals surface area contributed by atoms with Crippen molar-refractivity contribution in [3.05, 3.63) is 61.9 Å². The Labute approximate surface area is 198 Å². The number of carbonyl (C=O) groups is 3. The van der Waals surface area contributed by atoms with Crippen LogP contribution in [0, 0.1) is 6.92 Å². The molecule has 2 aromatic rings. The monoisotopic (exact) mass is 522 g/mol. The molecule has 0 atom stereocenters. The van der Waals surface area contributed by atoms with Crippen molar-refractivity contribution in [1.82, 2.24) is 4.90 Å². The average Bonchev–Trinajstić information content (AvgIpc) is 2.97. The molecule has 0 saturated carbocycles. The molecule has 0 spiro atoms. The second kappa shape index (κ2) is 10.3. The number of nitrogens with zero attached hydrogens (tertiary/aromatic N) is 1. The van der Waals surface area contributed by atoms with Crippen LogP contribution in [0.3, 0.4) is 0 Å². The maximum absolute atomic E-state index is 12.8. The fourth-order valence-corrected chi connectivity index (χ4v) is 4.16. The van der Waals surface area contributed by atoms with E-state index >= 15 is 0 Å². The first kappa shape index (κ1) is 23.4. The zero-order chi connectivity index (χ0) is 22.5. The van der Waals surface area contributed by atoms with Crippen molar-refractivity contribution < 1.29 is 19.1 Å². The molecule has 1 aliphatic rings. The molecule has 0 aliphatic carbocycles. The van der Waals surface area contributed by atoms with Gasteiger partial charge in [-0.1, -0.05) is 40.5 Å². The summed E-state index contributed by atoms with van der Waals surface area (Å²) in [5.41, 5.74) is 2.05. The molecule has 162 valence electrons. The van der Waals surface area contributed by atoms with Crippen molar-refractivity contribution in [2.75, 3.05) is 18.5 Å². The van der Waals surface area contributed by atoms with Gasteiger partial charge in [0.1, 0.15) is 12.3 Å². The van der Waals surface area contributed by atoms with Crippen LogP contribution in [0.25, 0.3) is 6.08 Å². The number of rotatable bonds is 7. The van der Waals surface area contributed by atoms with Crippen LogP contribution in [-0.4, -0.2) is 35.1 Å². The maximum atomic E-state index is 12.8. The summed E-state index contributed by atoms with van der Waals surface area (Å²) < 4.78 is 6.55. The molecular weight excluding hydrogens is 504 g/mol. The highest BCUT2D eigenvalue weighted by atomic mass is 79.9. The van der Waals surface area contributed by atoms with Gasteiger partial charge in [0.2, 0.25) is 5.91 Å². The lowest BCUT2D eigenvalue weighted by atomic mass is 10.2. The van der Waals surface area contributed by atoms with E-state index in [1.807, 2.05) is 26.0 Å². The number of amides is 3. The summed E-state index contributed by atoms with van der Waals surface area (Å²) in [5, 5.41) is 2.67. The van der Waals surface area contributed by atoms with E-state index in [9.17, 15) is 14.4 Å². The molecule has 0 unspecified atom stereocenters. The number of benzene rings is 2. The first-order chi connectivity index (χ1) is 14.8. The number of carbonyl (C=O) groups excluding carboxylic acids is 3. The minimum absolute atomic E-state index is 0.232. The Kier molecular flexibility index (Phi) is 7.80. The first-order valence-corrected chi connectivity index (χ1v) is 11.5. The maximum Gasteiger partial charge on any atom is 0.294 e. The Morgan fingerprint density at radius 2 is 2.03 bits per heavy atom. The number of hydrogen-bond donors (Lipinski definition) is 1. The first-order valence-electron chi connectivity index (χ1n) is 9.52. The summed E-state index contributed by atoms with van der Waals surface area (Å²) in [4.78, 5) is 38.7. The third-order valence-electron chi connectivity index (χ3n) is 4.35. The van der Waals surface area contributed by atoms with Gasteiger partial charge in [0.05, 0.1) is 11.5 Å². The third kappa shape index (κ3) is 5.90. The molecule has 1 saturated heterocycles. The number of aryl methyl sites for hydroxylation is 1. The van der Waals surface area contributed by atoms with Gasteiger partial charge in [-0.05, 0) is 67.1 Å². The standard InChI is InChI=1S/C22H20BrClN2O4S/c1-3-8-30-18-7-5-15(23)9-14(18)10-19-21(28)26(22(29)31-19)12-20(27)25-16-6-4-13(2)17(24)11-16/h4-7,9-11H,3,8,12H2,1-2H3,(H,25,27)/b19-10+. The molecule has 0 radical (unpaired) electrons. The quantitative estimate of drug-likeness (QED) is 0.459. The Bertz CT molecular complexity index is 1070. The summed E-state index contributed by atoms with van der Waals surface area (Å²) in [6.45, 7) is 4.00. The fraction of sp³-hybridized carbons (Fsp3) is 0.227. The van der Waals surface area contributed by atoms with E-state index in [4.69, 9.17) is 16.3 Å². The second-order valence-electron chi connectivity index (χ2n) is 6.81. The van der Waals surface area contributed by atoms with Crippen LogP contribution in [0.4, 0.5) is 10.5 Å². The summed E-state index contributed by atoms with van der Waals surface area (Å²) in [5.74, 6) is -0.391. The Morgan fingerprint density at radius 3 is 2.74 bits per heavy atom. The van der Waals surface area contributed by atoms with Crippen LogP contribution in [0.1, 0.15) is 24.5 Å². The van der Waals surface area contributed by atoms with Crippen LogP contribution in [-0.2, 0) is 9.59 Å². The van der Waals surface area contributed by atoms with Crippen molar-refractivity contribution >= 4 is 68.1 Å². The number of anilines is 1.